The SMILES string of the molecule is Cc1ccc(CN(Cc2ccccc2)C(=O)CN(CCN2CCOCC2)C(=O)COc2ccc(Cl)cc2)o1. The Labute approximate surface area is 228 Å². The lowest BCUT2D eigenvalue weighted by Gasteiger charge is -2.31. The summed E-state index contributed by atoms with van der Waals surface area (Å²) in [7, 11) is 0. The van der Waals surface area contributed by atoms with Gasteiger partial charge in [0, 0.05) is 37.7 Å². The van der Waals surface area contributed by atoms with Crippen molar-refractivity contribution in [2.24, 2.45) is 0 Å². The van der Waals surface area contributed by atoms with Crippen LogP contribution in [0, 0.1) is 6.92 Å². The molecule has 0 atom stereocenters. The zero-order valence-corrected chi connectivity index (χ0v) is 22.4. The van der Waals surface area contributed by atoms with E-state index in [4.69, 9.17) is 25.5 Å². The molecule has 1 aromatic heterocycles. The van der Waals surface area contributed by atoms with E-state index < -0.39 is 0 Å². The summed E-state index contributed by atoms with van der Waals surface area (Å²) in [6.45, 7) is 6.37. The number of morpholine rings is 1. The Morgan fingerprint density at radius 3 is 2.34 bits per heavy atom. The third-order valence-corrected chi connectivity index (χ3v) is 6.61. The highest BCUT2D eigenvalue weighted by molar-refractivity contribution is 6.30. The summed E-state index contributed by atoms with van der Waals surface area (Å²) in [5.41, 5.74) is 1.00. The average molecular weight is 540 g/mol. The summed E-state index contributed by atoms with van der Waals surface area (Å²) in [6, 6.07) is 20.4. The number of carbonyl (C=O) groups excluding carboxylic acids is 2. The molecular formula is C29H34ClN3O5. The maximum atomic E-state index is 13.6. The fourth-order valence-corrected chi connectivity index (χ4v) is 4.33. The van der Waals surface area contributed by atoms with Gasteiger partial charge in [-0.2, -0.15) is 0 Å². The van der Waals surface area contributed by atoms with Crippen molar-refractivity contribution in [3.05, 3.63) is 88.8 Å². The zero-order chi connectivity index (χ0) is 26.7. The number of ether oxygens (including phenoxy) is 2. The number of aryl methyl sites for hydroxylation is 1. The Morgan fingerprint density at radius 1 is 0.921 bits per heavy atom. The van der Waals surface area contributed by atoms with Crippen LogP contribution in [0.5, 0.6) is 5.75 Å². The van der Waals surface area contributed by atoms with E-state index in [0.29, 0.717) is 55.9 Å². The molecule has 2 aromatic carbocycles. The van der Waals surface area contributed by atoms with Gasteiger partial charge < -0.3 is 23.7 Å². The summed E-state index contributed by atoms with van der Waals surface area (Å²) < 4.78 is 16.9. The van der Waals surface area contributed by atoms with Gasteiger partial charge in [0.15, 0.2) is 6.61 Å². The Hall–Kier alpha value is -3.33. The molecule has 1 fully saturated rings. The predicted octanol–water partition coefficient (Wildman–Crippen LogP) is 4.01. The molecule has 0 radical (unpaired) electrons. The lowest BCUT2D eigenvalue weighted by Crippen LogP contribution is -2.48. The molecule has 3 aromatic rings. The van der Waals surface area contributed by atoms with Crippen LogP contribution in [-0.2, 0) is 27.4 Å². The first kappa shape index (κ1) is 27.7. The molecule has 4 rings (SSSR count). The largest absolute Gasteiger partial charge is 0.484 e. The topological polar surface area (TPSA) is 75.5 Å². The maximum absolute atomic E-state index is 13.6. The lowest BCUT2D eigenvalue weighted by atomic mass is 10.2. The molecule has 0 bridgehead atoms. The third-order valence-electron chi connectivity index (χ3n) is 6.36. The molecule has 0 spiro atoms. The number of furan rings is 1. The summed E-state index contributed by atoms with van der Waals surface area (Å²) in [5.74, 6) is 1.61. The predicted molar refractivity (Wildman–Crippen MR) is 145 cm³/mol. The Balaban J connectivity index is 1.45. The smallest absolute Gasteiger partial charge is 0.261 e. The maximum Gasteiger partial charge on any atom is 0.261 e. The quantitative estimate of drug-likeness (QED) is 0.346. The molecule has 2 heterocycles. The van der Waals surface area contributed by atoms with E-state index in [-0.39, 0.29) is 25.0 Å². The molecule has 38 heavy (non-hydrogen) atoms. The molecular weight excluding hydrogens is 506 g/mol. The van der Waals surface area contributed by atoms with Gasteiger partial charge in [-0.1, -0.05) is 41.9 Å². The van der Waals surface area contributed by atoms with Crippen LogP contribution in [-0.4, -0.2) is 79.1 Å². The highest BCUT2D eigenvalue weighted by Crippen LogP contribution is 2.16. The minimum Gasteiger partial charge on any atom is -0.484 e. The molecule has 0 unspecified atom stereocenters. The second-order valence-electron chi connectivity index (χ2n) is 9.26. The van der Waals surface area contributed by atoms with Crippen LogP contribution < -0.4 is 4.74 Å². The van der Waals surface area contributed by atoms with Crippen LogP contribution in [0.25, 0.3) is 0 Å². The summed E-state index contributed by atoms with van der Waals surface area (Å²) in [4.78, 5) is 32.5. The fraction of sp³-hybridized carbons (Fsp3) is 0.379. The van der Waals surface area contributed by atoms with Crippen LogP contribution in [0.15, 0.2) is 71.1 Å². The molecule has 8 nitrogen and oxygen atoms in total. The van der Waals surface area contributed by atoms with E-state index in [1.165, 1.54) is 0 Å². The Morgan fingerprint density at radius 2 is 1.66 bits per heavy atom. The fourth-order valence-electron chi connectivity index (χ4n) is 4.20. The van der Waals surface area contributed by atoms with Crippen molar-refractivity contribution >= 4 is 23.4 Å². The standard InChI is InChI=1S/C29H34ClN3O5/c1-23-7-10-27(38-23)20-33(19-24-5-3-2-4-6-24)28(34)21-32(14-13-31-15-17-36-18-16-31)29(35)22-37-26-11-8-25(30)9-12-26/h2-12H,13-22H2,1H3. The van der Waals surface area contributed by atoms with Gasteiger partial charge in [-0.3, -0.25) is 14.5 Å². The van der Waals surface area contributed by atoms with Gasteiger partial charge in [-0.25, -0.2) is 0 Å². The van der Waals surface area contributed by atoms with Gasteiger partial charge in [0.1, 0.15) is 17.3 Å². The summed E-state index contributed by atoms with van der Waals surface area (Å²) in [6.07, 6.45) is 0. The number of benzene rings is 2. The van der Waals surface area contributed by atoms with Crippen molar-refractivity contribution in [1.29, 1.82) is 0 Å². The first-order valence-corrected chi connectivity index (χ1v) is 13.2. The van der Waals surface area contributed by atoms with Gasteiger partial charge in [0.05, 0.1) is 26.3 Å². The number of carbonyl (C=O) groups is 2. The number of rotatable bonds is 12. The van der Waals surface area contributed by atoms with Crippen LogP contribution in [0.1, 0.15) is 17.1 Å². The van der Waals surface area contributed by atoms with Crippen LogP contribution in [0.2, 0.25) is 5.02 Å². The molecule has 1 aliphatic heterocycles. The Bertz CT molecular complexity index is 1160. The number of hydrogen-bond acceptors (Lipinski definition) is 6. The van der Waals surface area contributed by atoms with Gasteiger partial charge in [-0.05, 0) is 48.9 Å². The highest BCUT2D eigenvalue weighted by atomic mass is 35.5. The first-order valence-electron chi connectivity index (χ1n) is 12.8. The van der Waals surface area contributed by atoms with Crippen molar-refractivity contribution < 1.29 is 23.5 Å². The number of amides is 2. The average Bonchev–Trinajstić information content (AvgIpc) is 3.35. The van der Waals surface area contributed by atoms with Crippen molar-refractivity contribution in [3.8, 4) is 5.75 Å². The monoisotopic (exact) mass is 539 g/mol. The zero-order valence-electron chi connectivity index (χ0n) is 21.7. The van der Waals surface area contributed by atoms with Gasteiger partial charge in [-0.15, -0.1) is 0 Å². The van der Waals surface area contributed by atoms with E-state index in [1.807, 2.05) is 49.4 Å². The van der Waals surface area contributed by atoms with Crippen molar-refractivity contribution in [2.45, 2.75) is 20.0 Å². The highest BCUT2D eigenvalue weighted by Gasteiger charge is 2.24. The van der Waals surface area contributed by atoms with E-state index in [9.17, 15) is 9.59 Å². The molecule has 1 aliphatic rings. The lowest BCUT2D eigenvalue weighted by molar-refractivity contribution is -0.142. The molecule has 2 amide bonds. The molecule has 202 valence electrons. The summed E-state index contributed by atoms with van der Waals surface area (Å²) in [5, 5.41) is 0.590. The van der Waals surface area contributed by atoms with Crippen LogP contribution >= 0.6 is 11.6 Å². The van der Waals surface area contributed by atoms with Crippen molar-refractivity contribution in [1.82, 2.24) is 14.7 Å². The van der Waals surface area contributed by atoms with E-state index in [1.54, 1.807) is 34.1 Å². The molecule has 0 saturated carbocycles. The van der Waals surface area contributed by atoms with E-state index in [2.05, 4.69) is 4.90 Å². The van der Waals surface area contributed by atoms with Crippen molar-refractivity contribution in [2.75, 3.05) is 52.5 Å². The van der Waals surface area contributed by atoms with Crippen molar-refractivity contribution in [3.63, 3.8) is 0 Å². The van der Waals surface area contributed by atoms with E-state index in [0.717, 1.165) is 24.4 Å². The van der Waals surface area contributed by atoms with E-state index >= 15 is 0 Å². The summed E-state index contributed by atoms with van der Waals surface area (Å²) >= 11 is 5.95. The number of nitrogens with zero attached hydrogens (tertiary/aromatic N) is 3. The second-order valence-corrected chi connectivity index (χ2v) is 9.70. The molecule has 0 N–H and O–H groups in total. The normalized spacial score (nSPS) is 13.7. The minimum absolute atomic E-state index is 0.0559. The first-order chi connectivity index (χ1) is 18.5. The number of halogens is 1. The molecule has 9 heteroatoms. The van der Waals surface area contributed by atoms with Gasteiger partial charge >= 0.3 is 0 Å². The minimum atomic E-state index is -0.255. The van der Waals surface area contributed by atoms with Gasteiger partial charge in [0.2, 0.25) is 5.91 Å². The van der Waals surface area contributed by atoms with Crippen LogP contribution in [0.4, 0.5) is 0 Å². The Kier molecular flexibility index (Phi) is 10.2. The molecule has 0 aliphatic carbocycles. The third kappa shape index (κ3) is 8.62. The van der Waals surface area contributed by atoms with Crippen LogP contribution in [0.3, 0.4) is 0 Å². The second kappa shape index (κ2) is 14.0. The number of hydrogen-bond donors (Lipinski definition) is 0. The van der Waals surface area contributed by atoms with Gasteiger partial charge in [0.25, 0.3) is 5.91 Å². The molecule has 1 saturated heterocycles.